The van der Waals surface area contributed by atoms with Gasteiger partial charge in [0.1, 0.15) is 5.75 Å². The van der Waals surface area contributed by atoms with Crippen molar-refractivity contribution in [1.29, 1.82) is 0 Å². The average Bonchev–Trinajstić information content (AvgIpc) is 2.56. The highest BCUT2D eigenvalue weighted by Gasteiger charge is 2.27. The van der Waals surface area contributed by atoms with Crippen molar-refractivity contribution in [3.63, 3.8) is 0 Å². The summed E-state index contributed by atoms with van der Waals surface area (Å²) < 4.78 is 10.8. The minimum Gasteiger partial charge on any atom is -0.495 e. The van der Waals surface area contributed by atoms with Crippen LogP contribution in [0.5, 0.6) is 11.5 Å². The number of anilines is 2. The second-order valence-electron chi connectivity index (χ2n) is 5.09. The lowest BCUT2D eigenvalue weighted by molar-refractivity contribution is -0.122. The third-order valence-electron chi connectivity index (χ3n) is 3.54. The molecule has 1 aliphatic heterocycles. The average molecular weight is 312 g/mol. The summed E-state index contributed by atoms with van der Waals surface area (Å²) >= 11 is 0. The Kier molecular flexibility index (Phi) is 3.89. The molecule has 1 atom stereocenters. The SMILES string of the molecule is COc1ccccc1NC(=O)c1cccc2c1OC(C)C(=O)N2. The first-order valence-corrected chi connectivity index (χ1v) is 7.15. The number of hydrogen-bond donors (Lipinski definition) is 2. The van der Waals surface area contributed by atoms with Gasteiger partial charge in [-0.3, -0.25) is 9.59 Å². The Balaban J connectivity index is 1.92. The van der Waals surface area contributed by atoms with Gasteiger partial charge in [-0.1, -0.05) is 18.2 Å². The van der Waals surface area contributed by atoms with Crippen LogP contribution in [-0.2, 0) is 4.79 Å². The third-order valence-corrected chi connectivity index (χ3v) is 3.54. The van der Waals surface area contributed by atoms with Crippen molar-refractivity contribution in [1.82, 2.24) is 0 Å². The van der Waals surface area contributed by atoms with Crippen molar-refractivity contribution in [2.45, 2.75) is 13.0 Å². The van der Waals surface area contributed by atoms with E-state index in [-0.39, 0.29) is 11.8 Å². The highest BCUT2D eigenvalue weighted by Crippen LogP contribution is 2.34. The molecule has 1 aliphatic rings. The maximum absolute atomic E-state index is 12.6. The van der Waals surface area contributed by atoms with Crippen LogP contribution in [0, 0.1) is 0 Å². The van der Waals surface area contributed by atoms with E-state index in [2.05, 4.69) is 10.6 Å². The predicted molar refractivity (Wildman–Crippen MR) is 86.1 cm³/mol. The molecule has 2 aromatic rings. The van der Waals surface area contributed by atoms with Crippen molar-refractivity contribution in [3.05, 3.63) is 48.0 Å². The summed E-state index contributed by atoms with van der Waals surface area (Å²) in [6, 6.07) is 12.2. The van der Waals surface area contributed by atoms with Crippen molar-refractivity contribution in [3.8, 4) is 11.5 Å². The molecule has 0 saturated heterocycles. The van der Waals surface area contributed by atoms with Crippen LogP contribution in [-0.4, -0.2) is 25.0 Å². The summed E-state index contributed by atoms with van der Waals surface area (Å²) in [4.78, 5) is 24.2. The molecule has 0 saturated carbocycles. The van der Waals surface area contributed by atoms with Crippen LogP contribution in [0.1, 0.15) is 17.3 Å². The fraction of sp³-hybridized carbons (Fsp3) is 0.176. The smallest absolute Gasteiger partial charge is 0.265 e. The number of para-hydroxylation sites is 3. The molecule has 6 nitrogen and oxygen atoms in total. The molecule has 118 valence electrons. The number of carbonyl (C=O) groups is 2. The Bertz CT molecular complexity index is 773. The number of hydrogen-bond acceptors (Lipinski definition) is 4. The van der Waals surface area contributed by atoms with Crippen LogP contribution in [0.3, 0.4) is 0 Å². The summed E-state index contributed by atoms with van der Waals surface area (Å²) in [5.74, 6) is 0.356. The molecule has 0 aliphatic carbocycles. The minimum absolute atomic E-state index is 0.236. The highest BCUT2D eigenvalue weighted by molar-refractivity contribution is 6.09. The largest absolute Gasteiger partial charge is 0.495 e. The molecular formula is C17H16N2O4. The van der Waals surface area contributed by atoms with Gasteiger partial charge in [0.05, 0.1) is 24.0 Å². The van der Waals surface area contributed by atoms with E-state index >= 15 is 0 Å². The summed E-state index contributed by atoms with van der Waals surface area (Å²) in [6.45, 7) is 1.63. The topological polar surface area (TPSA) is 76.7 Å². The molecule has 1 unspecified atom stereocenters. The number of fused-ring (bicyclic) bond motifs is 1. The van der Waals surface area contributed by atoms with E-state index < -0.39 is 6.10 Å². The monoisotopic (exact) mass is 312 g/mol. The molecule has 6 heteroatoms. The zero-order valence-corrected chi connectivity index (χ0v) is 12.8. The molecule has 1 heterocycles. The Morgan fingerprint density at radius 2 is 2.00 bits per heavy atom. The van der Waals surface area contributed by atoms with Gasteiger partial charge in [0.25, 0.3) is 11.8 Å². The predicted octanol–water partition coefficient (Wildman–Crippen LogP) is 2.67. The lowest BCUT2D eigenvalue weighted by Crippen LogP contribution is -2.35. The van der Waals surface area contributed by atoms with Crippen LogP contribution < -0.4 is 20.1 Å². The first-order chi connectivity index (χ1) is 11.1. The molecule has 0 spiro atoms. The van der Waals surface area contributed by atoms with Gasteiger partial charge in [-0.05, 0) is 31.2 Å². The van der Waals surface area contributed by atoms with Crippen molar-refractivity contribution < 1.29 is 19.1 Å². The Morgan fingerprint density at radius 1 is 1.22 bits per heavy atom. The van der Waals surface area contributed by atoms with E-state index in [1.54, 1.807) is 43.3 Å². The number of rotatable bonds is 3. The summed E-state index contributed by atoms with van der Waals surface area (Å²) in [5, 5.41) is 5.52. The van der Waals surface area contributed by atoms with Gasteiger partial charge >= 0.3 is 0 Å². The van der Waals surface area contributed by atoms with Crippen molar-refractivity contribution >= 4 is 23.2 Å². The van der Waals surface area contributed by atoms with Crippen molar-refractivity contribution in [2.24, 2.45) is 0 Å². The number of amides is 2. The number of benzene rings is 2. The zero-order chi connectivity index (χ0) is 16.4. The maximum Gasteiger partial charge on any atom is 0.265 e. The molecule has 2 amide bonds. The van der Waals surface area contributed by atoms with E-state index in [9.17, 15) is 9.59 Å². The molecular weight excluding hydrogens is 296 g/mol. The minimum atomic E-state index is -0.650. The molecule has 3 rings (SSSR count). The van der Waals surface area contributed by atoms with Crippen LogP contribution in [0.4, 0.5) is 11.4 Å². The van der Waals surface area contributed by atoms with Crippen LogP contribution >= 0.6 is 0 Å². The fourth-order valence-electron chi connectivity index (χ4n) is 2.34. The Morgan fingerprint density at radius 3 is 2.78 bits per heavy atom. The lowest BCUT2D eigenvalue weighted by atomic mass is 10.1. The third kappa shape index (κ3) is 2.83. The molecule has 0 radical (unpaired) electrons. The number of ether oxygens (including phenoxy) is 2. The second-order valence-corrected chi connectivity index (χ2v) is 5.09. The maximum atomic E-state index is 12.6. The first-order valence-electron chi connectivity index (χ1n) is 7.15. The quantitative estimate of drug-likeness (QED) is 0.913. The second kappa shape index (κ2) is 6.00. The van der Waals surface area contributed by atoms with E-state index in [0.717, 1.165) is 0 Å². The molecule has 23 heavy (non-hydrogen) atoms. The standard InChI is InChI=1S/C17H16N2O4/c1-10-16(20)19-13-8-5-6-11(15(13)23-10)17(21)18-12-7-3-4-9-14(12)22-2/h3-10H,1-2H3,(H,18,21)(H,19,20). The number of nitrogens with one attached hydrogen (secondary N) is 2. The van der Waals surface area contributed by atoms with Crippen LogP contribution in [0.15, 0.2) is 42.5 Å². The van der Waals surface area contributed by atoms with E-state index in [0.29, 0.717) is 28.4 Å². The number of carbonyl (C=O) groups excluding carboxylic acids is 2. The van der Waals surface area contributed by atoms with Crippen LogP contribution in [0.25, 0.3) is 0 Å². The fourth-order valence-corrected chi connectivity index (χ4v) is 2.34. The van der Waals surface area contributed by atoms with E-state index in [4.69, 9.17) is 9.47 Å². The highest BCUT2D eigenvalue weighted by atomic mass is 16.5. The van der Waals surface area contributed by atoms with Gasteiger partial charge in [0, 0.05) is 0 Å². The molecule has 2 aromatic carbocycles. The summed E-state index contributed by atoms with van der Waals surface area (Å²) in [5.41, 5.74) is 1.39. The van der Waals surface area contributed by atoms with Gasteiger partial charge in [-0.2, -0.15) is 0 Å². The van der Waals surface area contributed by atoms with Crippen molar-refractivity contribution in [2.75, 3.05) is 17.7 Å². The van der Waals surface area contributed by atoms with Gasteiger partial charge < -0.3 is 20.1 Å². The lowest BCUT2D eigenvalue weighted by Gasteiger charge is -2.25. The van der Waals surface area contributed by atoms with E-state index in [1.807, 2.05) is 6.07 Å². The molecule has 2 N–H and O–H groups in total. The van der Waals surface area contributed by atoms with Gasteiger partial charge in [0.2, 0.25) is 0 Å². The first kappa shape index (κ1) is 14.9. The molecule has 0 aromatic heterocycles. The van der Waals surface area contributed by atoms with Gasteiger partial charge in [-0.15, -0.1) is 0 Å². The normalized spacial score (nSPS) is 15.9. The summed E-state index contributed by atoms with van der Waals surface area (Å²) in [6.07, 6.45) is -0.650. The van der Waals surface area contributed by atoms with Gasteiger partial charge in [0.15, 0.2) is 11.9 Å². The Hall–Kier alpha value is -3.02. The summed E-state index contributed by atoms with van der Waals surface area (Å²) in [7, 11) is 1.54. The van der Waals surface area contributed by atoms with Crippen LogP contribution in [0.2, 0.25) is 0 Å². The number of methoxy groups -OCH3 is 1. The molecule has 0 fully saturated rings. The zero-order valence-electron chi connectivity index (χ0n) is 12.8. The van der Waals surface area contributed by atoms with Gasteiger partial charge in [-0.25, -0.2) is 0 Å². The van der Waals surface area contributed by atoms with E-state index in [1.165, 1.54) is 7.11 Å². The Labute approximate surface area is 133 Å². The molecule has 0 bridgehead atoms.